The molecular formula is C70H42N2O4S2. The van der Waals surface area contributed by atoms with Gasteiger partial charge < -0.3 is 18.3 Å². The van der Waals surface area contributed by atoms with E-state index < -0.39 is 10.8 Å². The van der Waals surface area contributed by atoms with Crippen molar-refractivity contribution in [3.63, 3.8) is 0 Å². The number of anilines is 6. The zero-order valence-corrected chi connectivity index (χ0v) is 43.2. The minimum atomic E-state index is -1.14. The topological polar surface area (TPSA) is 51.2 Å². The number of hydrogen-bond donors (Lipinski definition) is 0. The normalized spacial score (nSPS) is 14.1. The van der Waals surface area contributed by atoms with Crippen LogP contribution in [0.1, 0.15) is 44.9 Å². The molecule has 0 saturated carbocycles. The van der Waals surface area contributed by atoms with Crippen LogP contribution in [0.15, 0.2) is 264 Å². The Bertz CT molecular complexity index is 4300. The van der Waals surface area contributed by atoms with Crippen LogP contribution in [0, 0.1) is 0 Å². The van der Waals surface area contributed by atoms with Crippen molar-refractivity contribution in [3.05, 3.63) is 300 Å². The number of ether oxygens (including phenoxy) is 2. The van der Waals surface area contributed by atoms with E-state index in [1.54, 1.807) is 22.7 Å². The highest BCUT2D eigenvalue weighted by atomic mass is 32.1. The van der Waals surface area contributed by atoms with Crippen LogP contribution >= 0.6 is 22.7 Å². The van der Waals surface area contributed by atoms with Gasteiger partial charge in [0.05, 0.1) is 20.8 Å². The van der Waals surface area contributed by atoms with Gasteiger partial charge >= 0.3 is 0 Å². The highest BCUT2D eigenvalue weighted by Crippen LogP contribution is 2.69. The molecule has 14 aromatic rings. The van der Waals surface area contributed by atoms with E-state index in [-0.39, 0.29) is 0 Å². The summed E-state index contributed by atoms with van der Waals surface area (Å²) in [5, 5.41) is 4.84. The smallest absolute Gasteiger partial charge is 0.205 e. The van der Waals surface area contributed by atoms with E-state index in [9.17, 15) is 0 Å². The second-order valence-electron chi connectivity index (χ2n) is 20.2. The van der Waals surface area contributed by atoms with Gasteiger partial charge in [0.2, 0.25) is 11.8 Å². The molecule has 0 unspecified atom stereocenters. The maximum Gasteiger partial charge on any atom is 0.205 e. The molecule has 0 saturated heterocycles. The molecule has 3 aliphatic rings. The number of furan rings is 2. The molecule has 0 amide bonds. The summed E-state index contributed by atoms with van der Waals surface area (Å²) >= 11 is 3.61. The Morgan fingerprint density at radius 3 is 1.03 bits per heavy atom. The Morgan fingerprint density at radius 2 is 0.628 bits per heavy atom. The summed E-state index contributed by atoms with van der Waals surface area (Å²) in [6.45, 7) is 0. The van der Waals surface area contributed by atoms with Crippen molar-refractivity contribution in [3.8, 4) is 23.0 Å². The maximum absolute atomic E-state index is 8.13. The fraction of sp³-hybridized carbons (Fsp3) is 0.0286. The highest BCUT2D eigenvalue weighted by molar-refractivity contribution is 7.26. The molecule has 17 rings (SSSR count). The summed E-state index contributed by atoms with van der Waals surface area (Å²) in [5.41, 5.74) is 7.32. The predicted octanol–water partition coefficient (Wildman–Crippen LogP) is 19.8. The molecule has 4 aromatic heterocycles. The summed E-state index contributed by atoms with van der Waals surface area (Å²) in [7, 11) is 0. The Balaban J connectivity index is 1.04. The largest absolute Gasteiger partial charge is 0.457 e. The van der Waals surface area contributed by atoms with Gasteiger partial charge in [-0.2, -0.15) is 0 Å². The third-order valence-corrected chi connectivity index (χ3v) is 18.7. The van der Waals surface area contributed by atoms with E-state index >= 15 is 0 Å². The molecule has 0 fully saturated rings. The molecule has 8 heteroatoms. The van der Waals surface area contributed by atoms with Crippen LogP contribution in [0.25, 0.3) is 40.3 Å². The average molecular weight is 1040 g/mol. The van der Waals surface area contributed by atoms with Gasteiger partial charge in [-0.3, -0.25) is 9.80 Å². The van der Waals surface area contributed by atoms with Crippen LogP contribution in [-0.2, 0) is 10.8 Å². The zero-order valence-electron chi connectivity index (χ0n) is 41.6. The monoisotopic (exact) mass is 1040 g/mol. The number of thiophene rings is 2. The lowest BCUT2D eigenvalue weighted by Gasteiger charge is -2.48. The Labute approximate surface area is 456 Å². The standard InChI is InChI=1S/C70H42N2O4S2/c1-3-21-43(22-4-1)71(55-33-19-27-47-45-25-7-17-39-61(45)77-65(47)55)63-41-53-67(75-63)70(51-31-11-15-37-59(51)74-60-38-16-12-32-52(60)70)54-42-64(76-68(54)69(53)49-29-9-13-35-57(49)73-58-36-14-10-30-50(58)69)72(44-23-5-2-6-24-44)56-34-20-28-48-46-26-8-18-40-62(46)78-66(48)56/h1-42H. The van der Waals surface area contributed by atoms with Crippen molar-refractivity contribution in [2.75, 3.05) is 9.80 Å². The Morgan fingerprint density at radius 1 is 0.295 bits per heavy atom. The van der Waals surface area contributed by atoms with E-state index in [4.69, 9.17) is 18.3 Å². The van der Waals surface area contributed by atoms with Crippen molar-refractivity contribution in [2.45, 2.75) is 10.8 Å². The average Bonchev–Trinajstić information content (AvgIpc) is 3.82. The first-order chi connectivity index (χ1) is 38.7. The molecule has 2 spiro atoms. The summed E-state index contributed by atoms with van der Waals surface area (Å²) in [5.74, 6) is 5.79. The van der Waals surface area contributed by atoms with Crippen molar-refractivity contribution in [2.24, 2.45) is 0 Å². The SMILES string of the molecule is c1ccc(N(c2cc3c(o2)C2(c4ccccc4Oc4ccccc42)c2cc(N(c4ccccc4)c4cccc5c4sc4ccccc45)oc2C32c3ccccc3Oc3ccccc32)c2cccc3c2sc2ccccc23)cc1. The maximum atomic E-state index is 8.13. The van der Waals surface area contributed by atoms with Gasteiger partial charge in [0.1, 0.15) is 45.3 Å². The van der Waals surface area contributed by atoms with Crippen LogP contribution in [0.2, 0.25) is 0 Å². The van der Waals surface area contributed by atoms with Gasteiger partial charge in [0, 0.05) is 87.8 Å². The second-order valence-corrected chi connectivity index (χ2v) is 22.3. The van der Waals surface area contributed by atoms with Gasteiger partial charge in [0.15, 0.2) is 0 Å². The molecule has 6 heterocycles. The number of rotatable bonds is 6. The highest BCUT2D eigenvalue weighted by Gasteiger charge is 2.63. The summed E-state index contributed by atoms with van der Waals surface area (Å²) in [4.78, 5) is 4.61. The molecule has 0 atom stereocenters. The molecule has 0 bridgehead atoms. The van der Waals surface area contributed by atoms with Crippen molar-refractivity contribution < 1.29 is 18.3 Å². The lowest BCUT2D eigenvalue weighted by atomic mass is 9.54. The fourth-order valence-corrected chi connectivity index (χ4v) is 15.5. The van der Waals surface area contributed by atoms with E-state index in [0.29, 0.717) is 11.8 Å². The first-order valence-electron chi connectivity index (χ1n) is 26.2. The molecule has 0 N–H and O–H groups in total. The van der Waals surface area contributed by atoms with Crippen LogP contribution in [0.4, 0.5) is 34.5 Å². The third kappa shape index (κ3) is 5.85. The van der Waals surface area contributed by atoms with Gasteiger partial charge in [-0.1, -0.05) is 170 Å². The second kappa shape index (κ2) is 16.5. The number of hydrogen-bond acceptors (Lipinski definition) is 8. The fourth-order valence-electron chi connectivity index (χ4n) is 13.1. The zero-order chi connectivity index (χ0) is 51.1. The molecule has 0 radical (unpaired) electrons. The van der Waals surface area contributed by atoms with Crippen LogP contribution < -0.4 is 19.3 Å². The summed E-state index contributed by atoms with van der Waals surface area (Å²) in [6, 6.07) is 90.3. The Kier molecular flexibility index (Phi) is 9.20. The predicted molar refractivity (Wildman–Crippen MR) is 316 cm³/mol. The molecule has 10 aromatic carbocycles. The summed E-state index contributed by atoms with van der Waals surface area (Å²) < 4.78 is 35.1. The number of para-hydroxylation sites is 6. The van der Waals surface area contributed by atoms with Crippen molar-refractivity contribution in [1.82, 2.24) is 0 Å². The van der Waals surface area contributed by atoms with Gasteiger partial charge in [-0.15, -0.1) is 22.7 Å². The minimum absolute atomic E-state index is 0.658. The van der Waals surface area contributed by atoms with Gasteiger partial charge in [-0.05, 0) is 72.8 Å². The van der Waals surface area contributed by atoms with E-state index in [2.05, 4.69) is 265 Å². The number of fused-ring (bicyclic) bond motifs is 20. The molecule has 368 valence electrons. The van der Waals surface area contributed by atoms with Crippen LogP contribution in [0.3, 0.4) is 0 Å². The van der Waals surface area contributed by atoms with E-state index in [1.165, 1.54) is 30.9 Å². The molecule has 78 heavy (non-hydrogen) atoms. The Hall–Kier alpha value is -9.60. The third-order valence-electron chi connectivity index (χ3n) is 16.2. The summed E-state index contributed by atoms with van der Waals surface area (Å²) in [6.07, 6.45) is 0. The molecule has 1 aliphatic carbocycles. The molecule has 2 aliphatic heterocycles. The molecule has 6 nitrogen and oxygen atoms in total. The number of nitrogens with zero attached hydrogens (tertiary/aromatic N) is 2. The van der Waals surface area contributed by atoms with Gasteiger partial charge in [0.25, 0.3) is 0 Å². The van der Waals surface area contributed by atoms with Gasteiger partial charge in [-0.25, -0.2) is 0 Å². The van der Waals surface area contributed by atoms with E-state index in [0.717, 1.165) is 100 Å². The van der Waals surface area contributed by atoms with Crippen molar-refractivity contribution in [1.29, 1.82) is 0 Å². The van der Waals surface area contributed by atoms with Crippen molar-refractivity contribution >= 4 is 97.5 Å². The quantitative estimate of drug-likeness (QED) is 0.165. The van der Waals surface area contributed by atoms with Crippen LogP contribution in [-0.4, -0.2) is 0 Å². The van der Waals surface area contributed by atoms with E-state index in [1.807, 2.05) is 0 Å². The minimum Gasteiger partial charge on any atom is -0.457 e. The number of benzene rings is 10. The first-order valence-corrected chi connectivity index (χ1v) is 27.9. The lowest BCUT2D eigenvalue weighted by Crippen LogP contribution is -2.46. The molecular weight excluding hydrogens is 997 g/mol. The first kappa shape index (κ1) is 43.6. The van der Waals surface area contributed by atoms with Crippen LogP contribution in [0.5, 0.6) is 23.0 Å². The lowest BCUT2D eigenvalue weighted by molar-refractivity contribution is 0.353.